The molecule has 9 nitrogen and oxygen atoms in total. The summed E-state index contributed by atoms with van der Waals surface area (Å²) in [6.07, 6.45) is -0.197. The summed E-state index contributed by atoms with van der Waals surface area (Å²) in [7, 11) is 0. The Morgan fingerprint density at radius 1 is 1.03 bits per heavy atom. The molecule has 1 saturated heterocycles. The third-order valence-electron chi connectivity index (χ3n) is 4.35. The predicted octanol–water partition coefficient (Wildman–Crippen LogP) is 3.29. The molecule has 0 saturated carbocycles. The van der Waals surface area contributed by atoms with Crippen LogP contribution in [0.4, 0.5) is 5.69 Å². The highest BCUT2D eigenvalue weighted by molar-refractivity contribution is 6.37. The zero-order valence-electron chi connectivity index (χ0n) is 15.2. The van der Waals surface area contributed by atoms with E-state index in [1.54, 1.807) is 0 Å². The van der Waals surface area contributed by atoms with Gasteiger partial charge in [-0.15, -0.1) is 0 Å². The molecule has 3 amide bonds. The number of imide groups is 1. The number of carbonyl (C=O) groups is 4. The number of nitro groups is 1. The van der Waals surface area contributed by atoms with Crippen LogP contribution in [0.2, 0.25) is 10.0 Å². The lowest BCUT2D eigenvalue weighted by Gasteiger charge is -2.29. The van der Waals surface area contributed by atoms with Crippen LogP contribution in [-0.2, 0) is 9.59 Å². The van der Waals surface area contributed by atoms with Gasteiger partial charge in [-0.2, -0.15) is 5.01 Å². The van der Waals surface area contributed by atoms with Crippen LogP contribution >= 0.6 is 23.2 Å². The Hall–Kier alpha value is -3.30. The SMILES string of the molecule is O=C(CN(C(=O)c1ccc([N+](=O)[O-])cc1)N1C(=O)CCC1=O)c1ccc(Cl)cc1Cl. The smallest absolute Gasteiger partial charge is 0.273 e. The van der Waals surface area contributed by atoms with Crippen molar-refractivity contribution < 1.29 is 24.1 Å². The second-order valence-corrected chi connectivity index (χ2v) is 7.16. The summed E-state index contributed by atoms with van der Waals surface area (Å²) >= 11 is 11.9. The third kappa shape index (κ3) is 4.32. The molecular weight excluding hydrogens is 437 g/mol. The third-order valence-corrected chi connectivity index (χ3v) is 4.90. The number of benzene rings is 2. The number of Topliss-reactive ketones (excluding diaryl/α,β-unsaturated/α-hetero) is 1. The normalized spacial score (nSPS) is 13.5. The first-order chi connectivity index (χ1) is 14.2. The van der Waals surface area contributed by atoms with Crippen molar-refractivity contribution in [2.24, 2.45) is 0 Å². The molecule has 2 aromatic carbocycles. The minimum absolute atomic E-state index is 0.0388. The van der Waals surface area contributed by atoms with Crippen molar-refractivity contribution in [2.75, 3.05) is 6.54 Å². The average Bonchev–Trinajstić information content (AvgIpc) is 3.03. The largest absolute Gasteiger partial charge is 0.292 e. The second kappa shape index (κ2) is 8.60. The average molecular weight is 450 g/mol. The van der Waals surface area contributed by atoms with Crippen LogP contribution in [0.3, 0.4) is 0 Å². The van der Waals surface area contributed by atoms with E-state index >= 15 is 0 Å². The number of hydrogen-bond donors (Lipinski definition) is 0. The summed E-state index contributed by atoms with van der Waals surface area (Å²) in [5, 5.41) is 12.5. The van der Waals surface area contributed by atoms with Crippen LogP contribution in [-0.4, -0.2) is 45.0 Å². The molecule has 11 heteroatoms. The molecule has 1 fully saturated rings. The van der Waals surface area contributed by atoms with Crippen molar-refractivity contribution >= 4 is 52.4 Å². The molecule has 0 spiro atoms. The number of carbonyl (C=O) groups excluding carboxylic acids is 4. The molecule has 0 radical (unpaired) electrons. The second-order valence-electron chi connectivity index (χ2n) is 6.31. The van der Waals surface area contributed by atoms with Crippen LogP contribution in [0.25, 0.3) is 0 Å². The summed E-state index contributed by atoms with van der Waals surface area (Å²) in [5.41, 5.74) is -0.222. The van der Waals surface area contributed by atoms with Gasteiger partial charge in [-0.25, -0.2) is 5.01 Å². The van der Waals surface area contributed by atoms with Crippen molar-refractivity contribution in [3.63, 3.8) is 0 Å². The van der Waals surface area contributed by atoms with E-state index in [1.165, 1.54) is 30.3 Å². The van der Waals surface area contributed by atoms with Crippen molar-refractivity contribution in [1.82, 2.24) is 10.0 Å². The van der Waals surface area contributed by atoms with E-state index < -0.39 is 35.0 Å². The quantitative estimate of drug-likeness (QED) is 0.289. The number of ketones is 1. The molecule has 154 valence electrons. The highest BCUT2D eigenvalue weighted by Crippen LogP contribution is 2.24. The van der Waals surface area contributed by atoms with Crippen LogP contribution in [0.5, 0.6) is 0 Å². The Labute approximate surface area is 179 Å². The van der Waals surface area contributed by atoms with Gasteiger partial charge in [-0.05, 0) is 30.3 Å². The van der Waals surface area contributed by atoms with Gasteiger partial charge in [0.05, 0.1) is 9.95 Å². The van der Waals surface area contributed by atoms with Crippen molar-refractivity contribution in [3.05, 3.63) is 73.8 Å². The molecule has 0 aromatic heterocycles. The lowest BCUT2D eigenvalue weighted by atomic mass is 10.1. The molecule has 0 bridgehead atoms. The lowest BCUT2D eigenvalue weighted by molar-refractivity contribution is -0.384. The maximum Gasteiger partial charge on any atom is 0.273 e. The highest BCUT2D eigenvalue weighted by Gasteiger charge is 2.38. The summed E-state index contributed by atoms with van der Waals surface area (Å²) in [6, 6.07) is 8.74. The fraction of sp³-hybridized carbons (Fsp3) is 0.158. The zero-order chi connectivity index (χ0) is 22.0. The van der Waals surface area contributed by atoms with Crippen molar-refractivity contribution in [3.8, 4) is 0 Å². The minimum Gasteiger partial charge on any atom is -0.292 e. The van der Waals surface area contributed by atoms with Crippen molar-refractivity contribution in [1.29, 1.82) is 0 Å². The lowest BCUT2D eigenvalue weighted by Crippen LogP contribution is -2.51. The molecule has 0 unspecified atom stereocenters. The molecule has 1 heterocycles. The van der Waals surface area contributed by atoms with Crippen LogP contribution < -0.4 is 0 Å². The van der Waals surface area contributed by atoms with E-state index in [1.807, 2.05) is 0 Å². The van der Waals surface area contributed by atoms with E-state index in [0.29, 0.717) is 10.0 Å². The molecular formula is C19H13Cl2N3O6. The topological polar surface area (TPSA) is 118 Å². The maximum absolute atomic E-state index is 13.0. The van der Waals surface area contributed by atoms with Gasteiger partial charge in [-0.3, -0.25) is 29.3 Å². The molecule has 1 aliphatic heterocycles. The molecule has 2 aromatic rings. The fourth-order valence-corrected chi connectivity index (χ4v) is 3.39. The predicted molar refractivity (Wildman–Crippen MR) is 106 cm³/mol. The first kappa shape index (κ1) is 21.4. The van der Waals surface area contributed by atoms with Gasteiger partial charge in [0.25, 0.3) is 11.6 Å². The van der Waals surface area contributed by atoms with Gasteiger partial charge in [0.2, 0.25) is 11.8 Å². The number of hydrogen-bond acceptors (Lipinski definition) is 6. The Bertz CT molecular complexity index is 1050. The zero-order valence-corrected chi connectivity index (χ0v) is 16.7. The van der Waals surface area contributed by atoms with E-state index in [9.17, 15) is 29.3 Å². The number of non-ortho nitro benzene ring substituents is 1. The fourth-order valence-electron chi connectivity index (χ4n) is 2.88. The van der Waals surface area contributed by atoms with Gasteiger partial charge in [0, 0.05) is 41.1 Å². The Morgan fingerprint density at radius 3 is 2.17 bits per heavy atom. The van der Waals surface area contributed by atoms with Crippen LogP contribution in [0.15, 0.2) is 42.5 Å². The molecule has 30 heavy (non-hydrogen) atoms. The standard InChI is InChI=1S/C19H13Cl2N3O6/c20-12-3-6-14(15(21)9-12)16(25)10-22(23-17(26)7-8-18(23)27)19(28)11-1-4-13(5-2-11)24(29)30/h1-6,9H,7-8,10H2. The molecule has 3 rings (SSSR count). The Balaban J connectivity index is 1.95. The van der Waals surface area contributed by atoms with Gasteiger partial charge in [-0.1, -0.05) is 23.2 Å². The van der Waals surface area contributed by atoms with Gasteiger partial charge in [0.15, 0.2) is 5.78 Å². The first-order valence-electron chi connectivity index (χ1n) is 8.59. The summed E-state index contributed by atoms with van der Waals surface area (Å²) in [5.74, 6) is -2.73. The number of rotatable bonds is 6. The van der Waals surface area contributed by atoms with E-state index in [-0.39, 0.29) is 34.7 Å². The number of amides is 3. The maximum atomic E-state index is 13.0. The minimum atomic E-state index is -0.841. The number of halogens is 2. The van der Waals surface area contributed by atoms with Gasteiger partial charge < -0.3 is 0 Å². The number of nitrogens with zero attached hydrogens (tertiary/aromatic N) is 3. The number of hydrazine groups is 1. The summed E-state index contributed by atoms with van der Waals surface area (Å²) in [6.45, 7) is -0.644. The van der Waals surface area contributed by atoms with E-state index in [0.717, 1.165) is 17.1 Å². The van der Waals surface area contributed by atoms with Crippen LogP contribution in [0, 0.1) is 10.1 Å². The monoisotopic (exact) mass is 449 g/mol. The Kier molecular flexibility index (Phi) is 6.14. The Morgan fingerprint density at radius 2 is 1.63 bits per heavy atom. The molecule has 0 aliphatic carbocycles. The van der Waals surface area contributed by atoms with Gasteiger partial charge in [0.1, 0.15) is 6.54 Å². The molecule has 0 N–H and O–H groups in total. The summed E-state index contributed by atoms with van der Waals surface area (Å²) in [4.78, 5) is 60.4. The van der Waals surface area contributed by atoms with Gasteiger partial charge >= 0.3 is 0 Å². The first-order valence-corrected chi connectivity index (χ1v) is 9.35. The highest BCUT2D eigenvalue weighted by atomic mass is 35.5. The molecule has 0 atom stereocenters. The number of nitro benzene ring substituents is 1. The van der Waals surface area contributed by atoms with E-state index in [2.05, 4.69) is 0 Å². The van der Waals surface area contributed by atoms with Crippen molar-refractivity contribution in [2.45, 2.75) is 12.8 Å². The molecule has 1 aliphatic rings. The van der Waals surface area contributed by atoms with Crippen LogP contribution in [0.1, 0.15) is 33.6 Å². The van der Waals surface area contributed by atoms with E-state index in [4.69, 9.17) is 23.2 Å². The summed E-state index contributed by atoms with van der Waals surface area (Å²) < 4.78 is 0.